The molecule has 1 amide bonds. The number of likely N-dealkylation sites (tertiary alicyclic amines) is 1. The molecule has 0 saturated carbocycles. The standard InChI is InChI=1S/C20H29F2N5O/c1-4-9-23-20(24-13-19(28)26(2)3)25-16-7-10-27(11-8-16)14-15-5-6-17(21)18(22)12-15/h4-6,12,16H,1,7-11,13-14H2,2-3H3,(H2,23,24,25). The van der Waals surface area contributed by atoms with Crippen LogP contribution < -0.4 is 10.6 Å². The lowest BCUT2D eigenvalue weighted by Crippen LogP contribution is -2.48. The number of amides is 1. The lowest BCUT2D eigenvalue weighted by molar-refractivity contribution is -0.127. The predicted octanol–water partition coefficient (Wildman–Crippen LogP) is 1.74. The first-order valence-electron chi connectivity index (χ1n) is 9.41. The van der Waals surface area contributed by atoms with Gasteiger partial charge < -0.3 is 15.5 Å². The van der Waals surface area contributed by atoms with Gasteiger partial charge in [0.2, 0.25) is 5.91 Å². The minimum absolute atomic E-state index is 0.0685. The molecule has 0 spiro atoms. The Bertz CT molecular complexity index is 700. The van der Waals surface area contributed by atoms with E-state index in [2.05, 4.69) is 27.1 Å². The average Bonchev–Trinajstić information content (AvgIpc) is 2.68. The van der Waals surface area contributed by atoms with Gasteiger partial charge in [-0.15, -0.1) is 6.58 Å². The van der Waals surface area contributed by atoms with Gasteiger partial charge in [-0.3, -0.25) is 9.69 Å². The number of guanidine groups is 1. The van der Waals surface area contributed by atoms with E-state index in [1.165, 1.54) is 17.0 Å². The van der Waals surface area contributed by atoms with Crippen molar-refractivity contribution in [3.63, 3.8) is 0 Å². The maximum Gasteiger partial charge on any atom is 0.243 e. The number of hydrogen-bond acceptors (Lipinski definition) is 3. The Morgan fingerprint density at radius 1 is 1.32 bits per heavy atom. The van der Waals surface area contributed by atoms with Crippen molar-refractivity contribution in [2.45, 2.75) is 25.4 Å². The number of hydrogen-bond donors (Lipinski definition) is 2. The van der Waals surface area contributed by atoms with Gasteiger partial charge in [-0.05, 0) is 30.5 Å². The van der Waals surface area contributed by atoms with Crippen molar-refractivity contribution >= 4 is 11.9 Å². The molecule has 8 heteroatoms. The van der Waals surface area contributed by atoms with E-state index < -0.39 is 11.6 Å². The molecule has 0 unspecified atom stereocenters. The van der Waals surface area contributed by atoms with Crippen molar-refractivity contribution in [1.29, 1.82) is 0 Å². The second kappa shape index (κ2) is 10.8. The molecule has 1 fully saturated rings. The minimum Gasteiger partial charge on any atom is -0.354 e. The first-order valence-corrected chi connectivity index (χ1v) is 9.41. The second-order valence-corrected chi connectivity index (χ2v) is 7.07. The number of benzene rings is 1. The molecule has 1 aliphatic rings. The summed E-state index contributed by atoms with van der Waals surface area (Å²) < 4.78 is 26.4. The van der Waals surface area contributed by atoms with Gasteiger partial charge in [-0.2, -0.15) is 0 Å². The van der Waals surface area contributed by atoms with Gasteiger partial charge in [0, 0.05) is 46.3 Å². The number of carbonyl (C=O) groups excluding carboxylic acids is 1. The summed E-state index contributed by atoms with van der Waals surface area (Å²) in [6, 6.07) is 4.27. The fraction of sp³-hybridized carbons (Fsp3) is 0.500. The summed E-state index contributed by atoms with van der Waals surface area (Å²) in [5.74, 6) is -1.11. The van der Waals surface area contributed by atoms with E-state index in [4.69, 9.17) is 0 Å². The molecular formula is C20H29F2N5O. The van der Waals surface area contributed by atoms with Crippen molar-refractivity contribution in [1.82, 2.24) is 20.4 Å². The van der Waals surface area contributed by atoms with E-state index in [1.807, 2.05) is 0 Å². The summed E-state index contributed by atoms with van der Waals surface area (Å²) in [5, 5.41) is 6.50. The highest BCUT2D eigenvalue weighted by Gasteiger charge is 2.20. The zero-order valence-corrected chi connectivity index (χ0v) is 16.5. The highest BCUT2D eigenvalue weighted by atomic mass is 19.2. The molecular weight excluding hydrogens is 364 g/mol. The van der Waals surface area contributed by atoms with Gasteiger partial charge in [-0.1, -0.05) is 12.1 Å². The molecule has 1 heterocycles. The third kappa shape index (κ3) is 6.92. The van der Waals surface area contributed by atoms with Gasteiger partial charge in [0.25, 0.3) is 0 Å². The Morgan fingerprint density at radius 3 is 2.64 bits per heavy atom. The molecule has 0 aromatic heterocycles. The van der Waals surface area contributed by atoms with Gasteiger partial charge in [0.1, 0.15) is 6.54 Å². The highest BCUT2D eigenvalue weighted by molar-refractivity contribution is 5.85. The van der Waals surface area contributed by atoms with E-state index in [1.54, 1.807) is 26.2 Å². The molecule has 28 heavy (non-hydrogen) atoms. The van der Waals surface area contributed by atoms with Crippen LogP contribution in [-0.4, -0.2) is 68.0 Å². The monoisotopic (exact) mass is 393 g/mol. The second-order valence-electron chi connectivity index (χ2n) is 7.07. The highest BCUT2D eigenvalue weighted by Crippen LogP contribution is 2.15. The predicted molar refractivity (Wildman–Crippen MR) is 107 cm³/mol. The van der Waals surface area contributed by atoms with Gasteiger partial charge in [-0.25, -0.2) is 13.8 Å². The van der Waals surface area contributed by atoms with E-state index in [0.717, 1.165) is 31.5 Å². The SMILES string of the molecule is C=CCNC(=NCC(=O)N(C)C)NC1CCN(Cc2ccc(F)c(F)c2)CC1. The molecule has 1 aliphatic heterocycles. The zero-order chi connectivity index (χ0) is 20.5. The Balaban J connectivity index is 1.85. The molecule has 0 aliphatic carbocycles. The van der Waals surface area contributed by atoms with E-state index in [9.17, 15) is 13.6 Å². The third-order valence-electron chi connectivity index (χ3n) is 4.60. The molecule has 2 rings (SSSR count). The van der Waals surface area contributed by atoms with Crippen molar-refractivity contribution in [2.75, 3.05) is 40.3 Å². The normalized spacial score (nSPS) is 15.9. The van der Waals surface area contributed by atoms with Crippen LogP contribution in [0.25, 0.3) is 0 Å². The quantitative estimate of drug-likeness (QED) is 0.421. The lowest BCUT2D eigenvalue weighted by atomic mass is 10.0. The average molecular weight is 393 g/mol. The molecule has 1 aromatic rings. The molecule has 6 nitrogen and oxygen atoms in total. The maximum absolute atomic E-state index is 13.4. The van der Waals surface area contributed by atoms with Gasteiger partial charge in [0.05, 0.1) is 0 Å². The number of rotatable bonds is 7. The molecule has 0 radical (unpaired) electrons. The molecule has 154 valence electrons. The van der Waals surface area contributed by atoms with Crippen LogP contribution in [0.5, 0.6) is 0 Å². The fourth-order valence-corrected chi connectivity index (χ4v) is 2.93. The molecule has 2 N–H and O–H groups in total. The zero-order valence-electron chi connectivity index (χ0n) is 16.5. The van der Waals surface area contributed by atoms with Crippen LogP contribution in [0.4, 0.5) is 8.78 Å². The van der Waals surface area contributed by atoms with Crippen molar-refractivity contribution in [3.8, 4) is 0 Å². The molecule has 1 saturated heterocycles. The van der Waals surface area contributed by atoms with E-state index in [-0.39, 0.29) is 18.5 Å². The number of carbonyl (C=O) groups is 1. The van der Waals surface area contributed by atoms with Crippen LogP contribution in [0.1, 0.15) is 18.4 Å². The number of nitrogens with zero attached hydrogens (tertiary/aromatic N) is 3. The van der Waals surface area contributed by atoms with Crippen LogP contribution in [0.3, 0.4) is 0 Å². The van der Waals surface area contributed by atoms with E-state index >= 15 is 0 Å². The Hall–Kier alpha value is -2.48. The molecule has 0 atom stereocenters. The number of halogens is 2. The summed E-state index contributed by atoms with van der Waals surface area (Å²) >= 11 is 0. The Labute approximate surface area is 165 Å². The van der Waals surface area contributed by atoms with Crippen LogP contribution in [0.2, 0.25) is 0 Å². The van der Waals surface area contributed by atoms with Crippen LogP contribution in [0.15, 0.2) is 35.8 Å². The van der Waals surface area contributed by atoms with Gasteiger partial charge in [0.15, 0.2) is 17.6 Å². The number of piperidine rings is 1. The summed E-state index contributed by atoms with van der Waals surface area (Å²) in [7, 11) is 3.40. The first-order chi connectivity index (χ1) is 13.4. The topological polar surface area (TPSA) is 60.0 Å². The van der Waals surface area contributed by atoms with Crippen LogP contribution >= 0.6 is 0 Å². The summed E-state index contributed by atoms with van der Waals surface area (Å²) in [6.07, 6.45) is 3.51. The minimum atomic E-state index is -0.821. The van der Waals surface area contributed by atoms with Crippen molar-refractivity contribution in [2.24, 2.45) is 4.99 Å². The summed E-state index contributed by atoms with van der Waals surface area (Å²) in [6.45, 7) is 6.58. The van der Waals surface area contributed by atoms with Crippen molar-refractivity contribution in [3.05, 3.63) is 48.1 Å². The van der Waals surface area contributed by atoms with Gasteiger partial charge >= 0.3 is 0 Å². The fourth-order valence-electron chi connectivity index (χ4n) is 2.93. The summed E-state index contributed by atoms with van der Waals surface area (Å²) in [4.78, 5) is 19.8. The molecule has 0 bridgehead atoms. The maximum atomic E-state index is 13.4. The van der Waals surface area contributed by atoms with Crippen molar-refractivity contribution < 1.29 is 13.6 Å². The molecule has 1 aromatic carbocycles. The number of aliphatic imine (C=N–C) groups is 1. The third-order valence-corrected chi connectivity index (χ3v) is 4.60. The van der Waals surface area contributed by atoms with Crippen LogP contribution in [0, 0.1) is 11.6 Å². The lowest BCUT2D eigenvalue weighted by Gasteiger charge is -2.33. The smallest absolute Gasteiger partial charge is 0.243 e. The van der Waals surface area contributed by atoms with E-state index in [0.29, 0.717) is 19.0 Å². The Morgan fingerprint density at radius 2 is 2.04 bits per heavy atom. The number of nitrogens with one attached hydrogen (secondary N) is 2. The first kappa shape index (κ1) is 21.8. The number of likely N-dealkylation sites (N-methyl/N-ethyl adjacent to an activating group) is 1. The summed E-state index contributed by atoms with van der Waals surface area (Å²) in [5.41, 5.74) is 0.766. The van der Waals surface area contributed by atoms with Crippen LogP contribution in [-0.2, 0) is 11.3 Å². The Kier molecular flexibility index (Phi) is 8.38. The largest absolute Gasteiger partial charge is 0.354 e.